The third-order valence-electron chi connectivity index (χ3n) is 3.98. The van der Waals surface area contributed by atoms with Gasteiger partial charge in [0.15, 0.2) is 0 Å². The van der Waals surface area contributed by atoms with Gasteiger partial charge in [0.2, 0.25) is 0 Å². The van der Waals surface area contributed by atoms with Gasteiger partial charge in [-0.1, -0.05) is 32.6 Å². The molecular weight excluding hydrogens is 250 g/mol. The highest BCUT2D eigenvalue weighted by Gasteiger charge is 2.33. The fourth-order valence-corrected chi connectivity index (χ4v) is 2.66. The van der Waals surface area contributed by atoms with Crippen molar-refractivity contribution in [3.63, 3.8) is 0 Å². The molecule has 0 spiro atoms. The van der Waals surface area contributed by atoms with E-state index in [1.54, 1.807) is 0 Å². The summed E-state index contributed by atoms with van der Waals surface area (Å²) in [4.78, 5) is 0. The van der Waals surface area contributed by atoms with Crippen LogP contribution in [0, 0.1) is 0 Å². The fourth-order valence-electron chi connectivity index (χ4n) is 2.66. The fraction of sp³-hybridized carbons (Fsp3) is 1.00. The highest BCUT2D eigenvalue weighted by molar-refractivity contribution is 4.89. The zero-order valence-electron chi connectivity index (χ0n) is 14.1. The van der Waals surface area contributed by atoms with Crippen molar-refractivity contribution in [2.45, 2.75) is 83.8 Å². The maximum Gasteiger partial charge on any atom is 0.0807 e. The van der Waals surface area contributed by atoms with Gasteiger partial charge < -0.3 is 14.8 Å². The molecule has 0 saturated heterocycles. The molecule has 3 heteroatoms. The number of nitrogens with one attached hydrogen (secondary N) is 1. The van der Waals surface area contributed by atoms with Gasteiger partial charge in [-0.05, 0) is 40.0 Å². The van der Waals surface area contributed by atoms with Crippen molar-refractivity contribution >= 4 is 0 Å². The molecule has 1 N–H and O–H groups in total. The van der Waals surface area contributed by atoms with Crippen LogP contribution in [-0.2, 0) is 9.47 Å². The molecule has 0 aromatic carbocycles. The minimum atomic E-state index is 0.0413. The summed E-state index contributed by atoms with van der Waals surface area (Å²) >= 11 is 0. The maximum absolute atomic E-state index is 6.26. The Morgan fingerprint density at radius 2 is 1.70 bits per heavy atom. The number of hydrogen-bond acceptors (Lipinski definition) is 3. The first-order chi connectivity index (χ1) is 9.47. The first-order valence-electron chi connectivity index (χ1n) is 8.44. The van der Waals surface area contributed by atoms with Crippen molar-refractivity contribution < 1.29 is 9.47 Å². The molecule has 1 aliphatic carbocycles. The number of rotatable bonds is 9. The lowest BCUT2D eigenvalue weighted by Gasteiger charge is -2.39. The van der Waals surface area contributed by atoms with Crippen molar-refractivity contribution in [3.05, 3.63) is 0 Å². The molecule has 0 amide bonds. The third-order valence-corrected chi connectivity index (χ3v) is 3.98. The molecule has 1 rings (SSSR count). The van der Waals surface area contributed by atoms with Crippen LogP contribution in [0.1, 0.15) is 72.6 Å². The van der Waals surface area contributed by atoms with Gasteiger partial charge in [-0.3, -0.25) is 0 Å². The van der Waals surface area contributed by atoms with E-state index in [1.165, 1.54) is 38.5 Å². The maximum atomic E-state index is 6.26. The second-order valence-corrected chi connectivity index (χ2v) is 7.16. The normalized spacial score (nSPS) is 19.2. The first-order valence-corrected chi connectivity index (χ1v) is 8.44. The average molecular weight is 285 g/mol. The van der Waals surface area contributed by atoms with Crippen LogP contribution in [-0.4, -0.2) is 37.5 Å². The zero-order chi connectivity index (χ0) is 14.9. The summed E-state index contributed by atoms with van der Waals surface area (Å²) in [6.45, 7) is 12.1. The summed E-state index contributed by atoms with van der Waals surface area (Å²) < 4.78 is 11.9. The van der Waals surface area contributed by atoms with Crippen LogP contribution in [0.2, 0.25) is 0 Å². The van der Waals surface area contributed by atoms with Gasteiger partial charge >= 0.3 is 0 Å². The molecule has 0 bridgehead atoms. The van der Waals surface area contributed by atoms with Crippen molar-refractivity contribution in [1.29, 1.82) is 0 Å². The zero-order valence-corrected chi connectivity index (χ0v) is 14.1. The lowest BCUT2D eigenvalue weighted by molar-refractivity contribution is -0.0885. The number of hydrogen-bond donors (Lipinski definition) is 1. The predicted molar refractivity (Wildman–Crippen MR) is 85.3 cm³/mol. The SMILES string of the molecule is CCCCOCCOC1(CNC(C)(C)C)CCCCC1. The minimum Gasteiger partial charge on any atom is -0.379 e. The summed E-state index contributed by atoms with van der Waals surface area (Å²) in [6, 6.07) is 0. The van der Waals surface area contributed by atoms with Crippen molar-refractivity contribution in [2.24, 2.45) is 0 Å². The van der Waals surface area contributed by atoms with E-state index >= 15 is 0 Å². The number of unbranched alkanes of at least 4 members (excludes halogenated alkanes) is 1. The van der Waals surface area contributed by atoms with Crippen molar-refractivity contribution in [1.82, 2.24) is 5.32 Å². The molecule has 0 atom stereocenters. The van der Waals surface area contributed by atoms with Crippen LogP contribution in [0.3, 0.4) is 0 Å². The molecule has 1 aliphatic rings. The molecule has 0 heterocycles. The van der Waals surface area contributed by atoms with Crippen LogP contribution in [0.25, 0.3) is 0 Å². The summed E-state index contributed by atoms with van der Waals surface area (Å²) in [6.07, 6.45) is 8.66. The topological polar surface area (TPSA) is 30.5 Å². The van der Waals surface area contributed by atoms with E-state index in [0.717, 1.165) is 32.8 Å². The van der Waals surface area contributed by atoms with E-state index in [1.807, 2.05) is 0 Å². The lowest BCUT2D eigenvalue weighted by Crippen LogP contribution is -2.50. The second-order valence-electron chi connectivity index (χ2n) is 7.16. The Labute approximate surface area is 125 Å². The Morgan fingerprint density at radius 3 is 2.30 bits per heavy atom. The van der Waals surface area contributed by atoms with Gasteiger partial charge in [0.05, 0.1) is 18.8 Å². The molecular formula is C17H35NO2. The van der Waals surface area contributed by atoms with Crippen molar-refractivity contribution in [3.8, 4) is 0 Å². The van der Waals surface area contributed by atoms with Gasteiger partial charge in [-0.25, -0.2) is 0 Å². The van der Waals surface area contributed by atoms with E-state index in [0.29, 0.717) is 0 Å². The summed E-state index contributed by atoms with van der Waals surface area (Å²) in [7, 11) is 0. The van der Waals surface area contributed by atoms with Crippen molar-refractivity contribution in [2.75, 3.05) is 26.4 Å². The molecule has 0 radical (unpaired) electrons. The molecule has 0 aliphatic heterocycles. The highest BCUT2D eigenvalue weighted by Crippen LogP contribution is 2.31. The summed E-state index contributed by atoms with van der Waals surface area (Å²) in [5.41, 5.74) is 0.199. The summed E-state index contributed by atoms with van der Waals surface area (Å²) in [5.74, 6) is 0. The minimum absolute atomic E-state index is 0.0413. The van der Waals surface area contributed by atoms with Crippen LogP contribution in [0.4, 0.5) is 0 Å². The Bertz CT molecular complexity index is 242. The van der Waals surface area contributed by atoms with E-state index in [9.17, 15) is 0 Å². The Morgan fingerprint density at radius 1 is 1.00 bits per heavy atom. The quantitative estimate of drug-likeness (QED) is 0.652. The Kier molecular flexibility index (Phi) is 8.08. The second kappa shape index (κ2) is 9.01. The standard InChI is InChI=1S/C17H35NO2/c1-5-6-12-19-13-14-20-17(10-8-7-9-11-17)15-18-16(2,3)4/h18H,5-15H2,1-4H3. The van der Waals surface area contributed by atoms with E-state index in [-0.39, 0.29) is 11.1 Å². The van der Waals surface area contributed by atoms with Crippen LogP contribution in [0.15, 0.2) is 0 Å². The summed E-state index contributed by atoms with van der Waals surface area (Å²) in [5, 5.41) is 3.63. The van der Waals surface area contributed by atoms with Crippen LogP contribution >= 0.6 is 0 Å². The predicted octanol–water partition coefficient (Wildman–Crippen LogP) is 3.91. The monoisotopic (exact) mass is 285 g/mol. The molecule has 1 saturated carbocycles. The lowest BCUT2D eigenvalue weighted by atomic mass is 9.84. The van der Waals surface area contributed by atoms with Crippen LogP contribution < -0.4 is 5.32 Å². The Hall–Kier alpha value is -0.120. The van der Waals surface area contributed by atoms with Gasteiger partial charge in [0.25, 0.3) is 0 Å². The molecule has 0 unspecified atom stereocenters. The van der Waals surface area contributed by atoms with Crippen LogP contribution in [0.5, 0.6) is 0 Å². The molecule has 3 nitrogen and oxygen atoms in total. The molecule has 0 aromatic rings. The van der Waals surface area contributed by atoms with Gasteiger partial charge in [-0.2, -0.15) is 0 Å². The third kappa shape index (κ3) is 7.61. The van der Waals surface area contributed by atoms with Gasteiger partial charge in [-0.15, -0.1) is 0 Å². The Balaban J connectivity index is 2.31. The molecule has 120 valence electrons. The highest BCUT2D eigenvalue weighted by atomic mass is 16.5. The largest absolute Gasteiger partial charge is 0.379 e. The van der Waals surface area contributed by atoms with E-state index in [2.05, 4.69) is 33.0 Å². The van der Waals surface area contributed by atoms with E-state index in [4.69, 9.17) is 9.47 Å². The van der Waals surface area contributed by atoms with E-state index < -0.39 is 0 Å². The smallest absolute Gasteiger partial charge is 0.0807 e. The molecule has 20 heavy (non-hydrogen) atoms. The average Bonchev–Trinajstić information content (AvgIpc) is 2.41. The molecule has 0 aromatic heterocycles. The molecule has 1 fully saturated rings. The number of ether oxygens (including phenoxy) is 2. The first kappa shape index (κ1) is 17.9. The van der Waals surface area contributed by atoms with Gasteiger partial charge in [0.1, 0.15) is 0 Å². The van der Waals surface area contributed by atoms with Gasteiger partial charge in [0, 0.05) is 18.7 Å².